The smallest absolute Gasteiger partial charge is 0.223 e. The molecular formula is C46H56N2O4. The van der Waals surface area contributed by atoms with Gasteiger partial charge in [-0.25, -0.2) is 0 Å². The van der Waals surface area contributed by atoms with Gasteiger partial charge in [-0.1, -0.05) is 73.2 Å². The van der Waals surface area contributed by atoms with Crippen LogP contribution in [0, 0.1) is 5.92 Å². The van der Waals surface area contributed by atoms with Gasteiger partial charge < -0.3 is 19.5 Å². The Morgan fingerprint density at radius 1 is 0.750 bits per heavy atom. The number of methoxy groups -OCH3 is 3. The molecule has 3 aliphatic rings. The number of nitrogens with zero attached hydrogens (tertiary/aromatic N) is 1. The first-order valence-electron chi connectivity index (χ1n) is 19.5. The molecule has 274 valence electrons. The van der Waals surface area contributed by atoms with Gasteiger partial charge in [0.05, 0.1) is 21.3 Å². The van der Waals surface area contributed by atoms with Crippen molar-refractivity contribution in [3.63, 3.8) is 0 Å². The Bertz CT molecular complexity index is 1770. The molecule has 6 nitrogen and oxygen atoms in total. The summed E-state index contributed by atoms with van der Waals surface area (Å²) in [5.74, 6) is 2.68. The quantitative estimate of drug-likeness (QED) is 0.134. The summed E-state index contributed by atoms with van der Waals surface area (Å²) in [6.07, 6.45) is 12.8. The van der Waals surface area contributed by atoms with E-state index in [2.05, 4.69) is 95.1 Å². The van der Waals surface area contributed by atoms with Crippen molar-refractivity contribution in [2.24, 2.45) is 5.92 Å². The number of hydrogen-bond donors (Lipinski definition) is 1. The van der Waals surface area contributed by atoms with Crippen LogP contribution in [0.5, 0.6) is 17.2 Å². The van der Waals surface area contributed by atoms with E-state index < -0.39 is 0 Å². The fourth-order valence-electron chi connectivity index (χ4n) is 9.76. The maximum Gasteiger partial charge on any atom is 0.223 e. The van der Waals surface area contributed by atoms with Gasteiger partial charge in [0.25, 0.3) is 0 Å². The molecule has 2 aliphatic carbocycles. The third-order valence-electron chi connectivity index (χ3n) is 12.6. The van der Waals surface area contributed by atoms with Crippen LogP contribution < -0.4 is 19.5 Å². The largest absolute Gasteiger partial charge is 0.497 e. The van der Waals surface area contributed by atoms with Crippen molar-refractivity contribution in [3.05, 3.63) is 124 Å². The third-order valence-corrected chi connectivity index (χ3v) is 12.6. The highest BCUT2D eigenvalue weighted by atomic mass is 16.5. The van der Waals surface area contributed by atoms with Gasteiger partial charge in [-0.05, 0) is 141 Å². The molecule has 0 bridgehead atoms. The zero-order valence-corrected chi connectivity index (χ0v) is 31.4. The van der Waals surface area contributed by atoms with Gasteiger partial charge in [0.2, 0.25) is 5.91 Å². The van der Waals surface area contributed by atoms with E-state index in [1.807, 2.05) is 6.07 Å². The van der Waals surface area contributed by atoms with Gasteiger partial charge >= 0.3 is 0 Å². The van der Waals surface area contributed by atoms with Crippen LogP contribution in [0.3, 0.4) is 0 Å². The summed E-state index contributed by atoms with van der Waals surface area (Å²) < 4.78 is 16.8. The van der Waals surface area contributed by atoms with Gasteiger partial charge in [-0.2, -0.15) is 0 Å². The summed E-state index contributed by atoms with van der Waals surface area (Å²) in [4.78, 5) is 16.3. The van der Waals surface area contributed by atoms with E-state index in [1.54, 1.807) is 21.3 Å². The monoisotopic (exact) mass is 700 g/mol. The fourth-order valence-corrected chi connectivity index (χ4v) is 9.76. The first-order chi connectivity index (χ1) is 25.5. The van der Waals surface area contributed by atoms with Crippen LogP contribution in [0.2, 0.25) is 0 Å². The van der Waals surface area contributed by atoms with E-state index in [0.717, 1.165) is 81.7 Å². The normalized spacial score (nSPS) is 19.9. The molecule has 1 heterocycles. The number of aryl methyl sites for hydroxylation is 1. The molecule has 7 rings (SSSR count). The van der Waals surface area contributed by atoms with Gasteiger partial charge in [0, 0.05) is 23.4 Å². The number of ether oxygens (including phenoxy) is 3. The van der Waals surface area contributed by atoms with Crippen molar-refractivity contribution < 1.29 is 19.0 Å². The summed E-state index contributed by atoms with van der Waals surface area (Å²) in [5, 5.41) is 3.34. The molecule has 1 fully saturated rings. The average Bonchev–Trinajstić information content (AvgIpc) is 3.63. The molecule has 2 unspecified atom stereocenters. The van der Waals surface area contributed by atoms with Crippen molar-refractivity contribution in [1.29, 1.82) is 0 Å². The Morgan fingerprint density at radius 2 is 1.42 bits per heavy atom. The summed E-state index contributed by atoms with van der Waals surface area (Å²) in [5.41, 5.74) is 8.12. The summed E-state index contributed by atoms with van der Waals surface area (Å²) in [7, 11) is 5.16. The number of piperidine rings is 1. The summed E-state index contributed by atoms with van der Waals surface area (Å²) in [6, 6.07) is 32.9. The highest BCUT2D eigenvalue weighted by Gasteiger charge is 2.42. The number of likely N-dealkylation sites (tertiary alicyclic amines) is 1. The standard InChI is InChI=1S/C46H56N2O4/c1-50-41-19-18-34-28-37(29-36(34)30-41)44(49)47-25-12-22-46(39-14-6-4-7-15-39,40-16-8-5-9-17-40)23-13-27-48-26-11-10-21-45(48)24-20-35-31-42(51-2)43(52-3)32-38(35)33-45/h4-9,14-19,30-32,37H,10-13,20-29,33H2,1-3H3,(H,47,49). The number of amides is 1. The number of hydrogen-bond acceptors (Lipinski definition) is 5. The van der Waals surface area contributed by atoms with Crippen molar-refractivity contribution in [3.8, 4) is 17.2 Å². The Balaban J connectivity index is 1.05. The van der Waals surface area contributed by atoms with E-state index in [4.69, 9.17) is 14.2 Å². The maximum atomic E-state index is 13.4. The minimum atomic E-state index is -0.139. The Kier molecular flexibility index (Phi) is 11.2. The van der Waals surface area contributed by atoms with Crippen molar-refractivity contribution in [1.82, 2.24) is 10.2 Å². The topological polar surface area (TPSA) is 60.0 Å². The number of benzene rings is 4. The predicted molar refractivity (Wildman–Crippen MR) is 209 cm³/mol. The Hall–Kier alpha value is -4.29. The van der Waals surface area contributed by atoms with Crippen molar-refractivity contribution in [2.75, 3.05) is 41.0 Å². The lowest BCUT2D eigenvalue weighted by Crippen LogP contribution is -2.55. The number of rotatable bonds is 14. The highest BCUT2D eigenvalue weighted by Crippen LogP contribution is 2.45. The highest BCUT2D eigenvalue weighted by molar-refractivity contribution is 5.80. The molecule has 0 radical (unpaired) electrons. The molecule has 1 saturated heterocycles. The minimum absolute atomic E-state index is 0.0122. The molecule has 4 aromatic carbocycles. The lowest BCUT2D eigenvalue weighted by Gasteiger charge is -2.50. The summed E-state index contributed by atoms with van der Waals surface area (Å²) >= 11 is 0. The van der Waals surface area contributed by atoms with Crippen LogP contribution in [-0.4, -0.2) is 57.3 Å². The second-order valence-electron chi connectivity index (χ2n) is 15.4. The number of fused-ring (bicyclic) bond motifs is 2. The first-order valence-corrected chi connectivity index (χ1v) is 19.5. The summed E-state index contributed by atoms with van der Waals surface area (Å²) in [6.45, 7) is 2.93. The van der Waals surface area contributed by atoms with E-state index in [9.17, 15) is 4.79 Å². The second-order valence-corrected chi connectivity index (χ2v) is 15.4. The molecule has 52 heavy (non-hydrogen) atoms. The number of carbonyl (C=O) groups is 1. The van der Waals surface area contributed by atoms with Crippen LogP contribution in [-0.2, 0) is 35.9 Å². The first kappa shape index (κ1) is 36.1. The molecule has 6 heteroatoms. The molecule has 1 aliphatic heterocycles. The Morgan fingerprint density at radius 3 is 2.12 bits per heavy atom. The van der Waals surface area contributed by atoms with Gasteiger partial charge in [-0.3, -0.25) is 9.69 Å². The zero-order chi connectivity index (χ0) is 36.0. The number of carbonyl (C=O) groups excluding carboxylic acids is 1. The molecule has 0 aromatic heterocycles. The van der Waals surface area contributed by atoms with Crippen LogP contribution >= 0.6 is 0 Å². The third kappa shape index (κ3) is 7.45. The molecule has 4 aromatic rings. The lowest BCUT2D eigenvalue weighted by atomic mass is 9.68. The lowest BCUT2D eigenvalue weighted by molar-refractivity contribution is -0.124. The molecular weight excluding hydrogens is 645 g/mol. The molecule has 1 amide bonds. The molecule has 1 spiro atoms. The Labute approximate surface area is 310 Å². The SMILES string of the molecule is COc1ccc2c(c1)CC(C(=O)NCCCC(CCCN1CCCCC13CCc1cc(OC)c(OC)cc1C3)(c1ccccc1)c1ccccc1)C2. The minimum Gasteiger partial charge on any atom is -0.497 e. The van der Waals surface area contributed by atoms with E-state index in [0.29, 0.717) is 6.54 Å². The van der Waals surface area contributed by atoms with E-state index in [-0.39, 0.29) is 22.8 Å². The predicted octanol–water partition coefficient (Wildman–Crippen LogP) is 8.50. The van der Waals surface area contributed by atoms with Crippen LogP contribution in [0.15, 0.2) is 91.0 Å². The fraction of sp³-hybridized carbons (Fsp3) is 0.457. The molecule has 0 saturated carbocycles. The number of nitrogens with one attached hydrogen (secondary N) is 1. The van der Waals surface area contributed by atoms with Crippen LogP contribution in [0.4, 0.5) is 0 Å². The maximum absolute atomic E-state index is 13.4. The zero-order valence-electron chi connectivity index (χ0n) is 31.4. The second kappa shape index (κ2) is 16.2. The van der Waals surface area contributed by atoms with Gasteiger partial charge in [0.15, 0.2) is 11.5 Å². The molecule has 2 atom stereocenters. The van der Waals surface area contributed by atoms with Crippen LogP contribution in [0.1, 0.15) is 84.7 Å². The molecule has 1 N–H and O–H groups in total. The van der Waals surface area contributed by atoms with E-state index >= 15 is 0 Å². The van der Waals surface area contributed by atoms with Crippen LogP contribution in [0.25, 0.3) is 0 Å². The van der Waals surface area contributed by atoms with E-state index in [1.165, 1.54) is 59.1 Å². The van der Waals surface area contributed by atoms with Gasteiger partial charge in [0.1, 0.15) is 5.75 Å². The van der Waals surface area contributed by atoms with Crippen molar-refractivity contribution >= 4 is 5.91 Å². The average molecular weight is 701 g/mol. The van der Waals surface area contributed by atoms with Crippen molar-refractivity contribution in [2.45, 2.75) is 88.0 Å². The van der Waals surface area contributed by atoms with Gasteiger partial charge in [-0.15, -0.1) is 0 Å².